The lowest BCUT2D eigenvalue weighted by Gasteiger charge is -2.29. The van der Waals surface area contributed by atoms with E-state index in [-0.39, 0.29) is 18.3 Å². The summed E-state index contributed by atoms with van der Waals surface area (Å²) < 4.78 is 9.79. The molecule has 1 aliphatic rings. The zero-order valence-corrected chi connectivity index (χ0v) is 13.2. The van der Waals surface area contributed by atoms with Gasteiger partial charge in [-0.3, -0.25) is 14.6 Å². The molecule has 7 nitrogen and oxygen atoms in total. The first kappa shape index (κ1) is 16.3. The van der Waals surface area contributed by atoms with Crippen LogP contribution in [0, 0.1) is 0 Å². The average Bonchev–Trinajstić information content (AvgIpc) is 3.18. The zero-order valence-electron chi connectivity index (χ0n) is 12.4. The Hall–Kier alpha value is -2.09. The van der Waals surface area contributed by atoms with Gasteiger partial charge in [0.1, 0.15) is 6.26 Å². The SMILES string of the molecule is CCOC(=O)CCNC(=S)N1CCCN1C(=O)c1ccoc1. The molecule has 1 saturated heterocycles. The Balaban J connectivity index is 1.86. The number of carbonyl (C=O) groups excluding carboxylic acids is 2. The Morgan fingerprint density at radius 2 is 2.18 bits per heavy atom. The molecule has 1 aliphatic heterocycles. The molecule has 0 aromatic carbocycles. The molecule has 0 atom stereocenters. The van der Waals surface area contributed by atoms with Crippen LogP contribution in [0.25, 0.3) is 0 Å². The maximum atomic E-state index is 12.4. The molecular formula is C14H19N3O4S. The molecule has 8 heteroatoms. The molecule has 0 aliphatic carbocycles. The number of thiocarbonyl (C=S) groups is 1. The maximum absolute atomic E-state index is 12.4. The van der Waals surface area contributed by atoms with Gasteiger partial charge in [0.25, 0.3) is 5.91 Å². The molecule has 22 heavy (non-hydrogen) atoms. The number of hydrazine groups is 1. The Kier molecular flexibility index (Phi) is 5.76. The van der Waals surface area contributed by atoms with Gasteiger partial charge in [-0.05, 0) is 31.6 Å². The van der Waals surface area contributed by atoms with Crippen molar-refractivity contribution in [2.45, 2.75) is 19.8 Å². The second-order valence-corrected chi connectivity index (χ2v) is 5.09. The largest absolute Gasteiger partial charge is 0.472 e. The molecule has 1 aromatic heterocycles. The number of amides is 1. The zero-order chi connectivity index (χ0) is 15.9. The molecule has 1 N–H and O–H groups in total. The molecule has 1 fully saturated rings. The van der Waals surface area contributed by atoms with Gasteiger partial charge >= 0.3 is 5.97 Å². The molecule has 2 heterocycles. The van der Waals surface area contributed by atoms with Crippen molar-refractivity contribution < 1.29 is 18.7 Å². The lowest BCUT2D eigenvalue weighted by molar-refractivity contribution is -0.142. The number of esters is 1. The third kappa shape index (κ3) is 3.97. The van der Waals surface area contributed by atoms with Crippen LogP contribution in [-0.4, -0.2) is 53.2 Å². The summed E-state index contributed by atoms with van der Waals surface area (Å²) in [4.78, 5) is 23.6. The lowest BCUT2D eigenvalue weighted by atomic mass is 10.3. The van der Waals surface area contributed by atoms with E-state index in [0.29, 0.717) is 36.9 Å². The molecule has 0 saturated carbocycles. The minimum atomic E-state index is -0.273. The van der Waals surface area contributed by atoms with Gasteiger partial charge < -0.3 is 14.5 Å². The van der Waals surface area contributed by atoms with Crippen molar-refractivity contribution in [1.82, 2.24) is 15.3 Å². The van der Waals surface area contributed by atoms with Crippen LogP contribution in [0.1, 0.15) is 30.1 Å². The van der Waals surface area contributed by atoms with Gasteiger partial charge in [-0.25, -0.2) is 5.01 Å². The van der Waals surface area contributed by atoms with Crippen LogP contribution in [-0.2, 0) is 9.53 Å². The highest BCUT2D eigenvalue weighted by molar-refractivity contribution is 7.80. The summed E-state index contributed by atoms with van der Waals surface area (Å²) >= 11 is 5.30. The molecule has 1 amide bonds. The van der Waals surface area contributed by atoms with E-state index >= 15 is 0 Å². The quantitative estimate of drug-likeness (QED) is 0.643. The number of hydrogen-bond acceptors (Lipinski definition) is 5. The van der Waals surface area contributed by atoms with Crippen LogP contribution in [0.4, 0.5) is 0 Å². The van der Waals surface area contributed by atoms with E-state index < -0.39 is 0 Å². The van der Waals surface area contributed by atoms with Gasteiger partial charge in [0, 0.05) is 19.6 Å². The van der Waals surface area contributed by atoms with Crippen LogP contribution in [0.3, 0.4) is 0 Å². The fraction of sp³-hybridized carbons (Fsp3) is 0.500. The first-order valence-corrected chi connectivity index (χ1v) is 7.59. The van der Waals surface area contributed by atoms with Crippen molar-refractivity contribution in [2.24, 2.45) is 0 Å². The normalized spacial score (nSPS) is 14.0. The van der Waals surface area contributed by atoms with Gasteiger partial charge in [-0.15, -0.1) is 0 Å². The highest BCUT2D eigenvalue weighted by Gasteiger charge is 2.29. The van der Waals surface area contributed by atoms with Gasteiger partial charge in [0.2, 0.25) is 0 Å². The molecule has 120 valence electrons. The van der Waals surface area contributed by atoms with Gasteiger partial charge in [-0.1, -0.05) is 0 Å². The number of furan rings is 1. The Morgan fingerprint density at radius 1 is 1.41 bits per heavy atom. The third-order valence-corrected chi connectivity index (χ3v) is 3.53. The summed E-state index contributed by atoms with van der Waals surface area (Å²) in [5.74, 6) is -0.425. The number of nitrogens with one attached hydrogen (secondary N) is 1. The van der Waals surface area contributed by atoms with Crippen molar-refractivity contribution in [1.29, 1.82) is 0 Å². The fourth-order valence-corrected chi connectivity index (χ4v) is 2.46. The van der Waals surface area contributed by atoms with E-state index in [9.17, 15) is 9.59 Å². The number of hydrogen-bond donors (Lipinski definition) is 1. The minimum absolute atomic E-state index is 0.152. The predicted octanol–water partition coefficient (Wildman–Crippen LogP) is 1.17. The molecular weight excluding hydrogens is 306 g/mol. The van der Waals surface area contributed by atoms with Crippen LogP contribution >= 0.6 is 12.2 Å². The summed E-state index contributed by atoms with van der Waals surface area (Å²) in [6.45, 7) is 3.77. The van der Waals surface area contributed by atoms with E-state index in [1.165, 1.54) is 12.5 Å². The molecule has 1 aromatic rings. The van der Waals surface area contributed by atoms with Gasteiger partial charge in [0.05, 0.1) is 24.9 Å². The minimum Gasteiger partial charge on any atom is -0.472 e. The fourth-order valence-electron chi connectivity index (χ4n) is 2.17. The Bertz CT molecular complexity index is 532. The van der Waals surface area contributed by atoms with Crippen molar-refractivity contribution >= 4 is 29.2 Å². The number of rotatable bonds is 5. The third-order valence-electron chi connectivity index (χ3n) is 3.18. The summed E-state index contributed by atoms with van der Waals surface area (Å²) in [6.07, 6.45) is 3.94. The van der Waals surface area contributed by atoms with Gasteiger partial charge in [-0.2, -0.15) is 0 Å². The molecule has 2 rings (SSSR count). The van der Waals surface area contributed by atoms with Gasteiger partial charge in [0.15, 0.2) is 5.11 Å². The van der Waals surface area contributed by atoms with Crippen molar-refractivity contribution in [3.63, 3.8) is 0 Å². The second-order valence-electron chi connectivity index (χ2n) is 4.70. The molecule has 0 spiro atoms. The van der Waals surface area contributed by atoms with E-state index in [0.717, 1.165) is 6.42 Å². The van der Waals surface area contributed by atoms with Crippen molar-refractivity contribution in [3.8, 4) is 0 Å². The lowest BCUT2D eigenvalue weighted by Crippen LogP contribution is -2.49. The van der Waals surface area contributed by atoms with E-state index in [1.807, 2.05) is 0 Å². The Morgan fingerprint density at radius 3 is 2.86 bits per heavy atom. The molecule has 0 bridgehead atoms. The summed E-state index contributed by atoms with van der Waals surface area (Å²) in [7, 11) is 0. The number of carbonyl (C=O) groups is 2. The number of ether oxygens (including phenoxy) is 1. The van der Waals surface area contributed by atoms with Crippen molar-refractivity contribution in [3.05, 3.63) is 24.2 Å². The van der Waals surface area contributed by atoms with Crippen LogP contribution in [0.2, 0.25) is 0 Å². The van der Waals surface area contributed by atoms with E-state index in [1.54, 1.807) is 23.0 Å². The monoisotopic (exact) mass is 325 g/mol. The van der Waals surface area contributed by atoms with E-state index in [2.05, 4.69) is 5.32 Å². The first-order chi connectivity index (χ1) is 10.6. The van der Waals surface area contributed by atoms with Crippen LogP contribution < -0.4 is 5.32 Å². The highest BCUT2D eigenvalue weighted by Crippen LogP contribution is 2.15. The number of nitrogens with zero attached hydrogens (tertiary/aromatic N) is 2. The standard InChI is InChI=1S/C14H19N3O4S/c1-2-21-12(18)4-6-15-14(22)17-8-3-7-16(17)13(19)11-5-9-20-10-11/h5,9-10H,2-4,6-8H2,1H3,(H,15,22). The van der Waals surface area contributed by atoms with E-state index in [4.69, 9.17) is 21.4 Å². The smallest absolute Gasteiger partial charge is 0.307 e. The van der Waals surface area contributed by atoms with Crippen LogP contribution in [0.5, 0.6) is 0 Å². The topological polar surface area (TPSA) is 75.0 Å². The molecule has 0 radical (unpaired) electrons. The highest BCUT2D eigenvalue weighted by atomic mass is 32.1. The summed E-state index contributed by atoms with van der Waals surface area (Å²) in [5.41, 5.74) is 0.487. The first-order valence-electron chi connectivity index (χ1n) is 7.18. The van der Waals surface area contributed by atoms with Crippen LogP contribution in [0.15, 0.2) is 23.0 Å². The summed E-state index contributed by atoms with van der Waals surface area (Å²) in [6, 6.07) is 1.62. The average molecular weight is 325 g/mol. The Labute approximate surface area is 134 Å². The second kappa shape index (κ2) is 7.79. The summed E-state index contributed by atoms with van der Waals surface area (Å²) in [5, 5.41) is 6.72. The predicted molar refractivity (Wildman–Crippen MR) is 82.9 cm³/mol. The molecule has 0 unspecified atom stereocenters. The maximum Gasteiger partial charge on any atom is 0.307 e. The van der Waals surface area contributed by atoms with Crippen molar-refractivity contribution in [2.75, 3.05) is 26.2 Å².